The van der Waals surface area contributed by atoms with Gasteiger partial charge in [0, 0.05) is 24.8 Å². The van der Waals surface area contributed by atoms with E-state index in [2.05, 4.69) is 15.0 Å². The molecule has 5 heteroatoms. The summed E-state index contributed by atoms with van der Waals surface area (Å²) in [4.78, 5) is 15.2. The van der Waals surface area contributed by atoms with Gasteiger partial charge < -0.3 is 4.90 Å². The standard InChI is InChI=1S/C14H12N4S/c1-18(14-16-9-10-19-14)13-7-4-6-12(17-13)11-5-2-3-8-15-11/h2-10H,1H3. The number of hydrogen-bond acceptors (Lipinski definition) is 5. The van der Waals surface area contributed by atoms with Crippen LogP contribution < -0.4 is 4.90 Å². The van der Waals surface area contributed by atoms with Gasteiger partial charge in [0.2, 0.25) is 0 Å². The monoisotopic (exact) mass is 268 g/mol. The lowest BCUT2D eigenvalue weighted by atomic mass is 10.2. The third-order valence-corrected chi connectivity index (χ3v) is 3.56. The van der Waals surface area contributed by atoms with Gasteiger partial charge in [-0.25, -0.2) is 9.97 Å². The number of rotatable bonds is 3. The Labute approximate surface area is 115 Å². The Morgan fingerprint density at radius 3 is 2.58 bits per heavy atom. The molecular formula is C14H12N4S. The third kappa shape index (κ3) is 2.46. The van der Waals surface area contributed by atoms with Crippen molar-refractivity contribution in [1.82, 2.24) is 15.0 Å². The second-order valence-electron chi connectivity index (χ2n) is 3.97. The fourth-order valence-corrected chi connectivity index (χ4v) is 2.36. The molecule has 3 aromatic heterocycles. The van der Waals surface area contributed by atoms with Crippen molar-refractivity contribution in [2.75, 3.05) is 11.9 Å². The van der Waals surface area contributed by atoms with E-state index in [0.717, 1.165) is 22.3 Å². The first-order chi connectivity index (χ1) is 9.34. The molecule has 3 aromatic rings. The summed E-state index contributed by atoms with van der Waals surface area (Å²) in [5.41, 5.74) is 1.73. The van der Waals surface area contributed by atoms with Crippen molar-refractivity contribution in [3.05, 3.63) is 54.2 Å². The second kappa shape index (κ2) is 5.16. The molecule has 0 unspecified atom stereocenters. The molecule has 3 heterocycles. The molecular weight excluding hydrogens is 256 g/mol. The minimum Gasteiger partial charge on any atom is -0.305 e. The molecule has 4 nitrogen and oxygen atoms in total. The zero-order valence-corrected chi connectivity index (χ0v) is 11.2. The van der Waals surface area contributed by atoms with Crippen molar-refractivity contribution < 1.29 is 0 Å². The number of hydrogen-bond donors (Lipinski definition) is 0. The van der Waals surface area contributed by atoms with Gasteiger partial charge in [-0.3, -0.25) is 4.98 Å². The summed E-state index contributed by atoms with van der Waals surface area (Å²) in [6.07, 6.45) is 3.56. The summed E-state index contributed by atoms with van der Waals surface area (Å²) >= 11 is 1.59. The highest BCUT2D eigenvalue weighted by molar-refractivity contribution is 7.13. The zero-order valence-electron chi connectivity index (χ0n) is 10.4. The van der Waals surface area contributed by atoms with E-state index in [0.29, 0.717) is 0 Å². The van der Waals surface area contributed by atoms with Crippen LogP contribution in [0.15, 0.2) is 54.2 Å². The van der Waals surface area contributed by atoms with Crippen LogP contribution in [0, 0.1) is 0 Å². The predicted molar refractivity (Wildman–Crippen MR) is 77.6 cm³/mol. The lowest BCUT2D eigenvalue weighted by Gasteiger charge is -2.15. The van der Waals surface area contributed by atoms with E-state index in [-0.39, 0.29) is 0 Å². The van der Waals surface area contributed by atoms with Crippen LogP contribution in [-0.2, 0) is 0 Å². The van der Waals surface area contributed by atoms with Gasteiger partial charge in [0.15, 0.2) is 5.13 Å². The van der Waals surface area contributed by atoms with Crippen LogP contribution >= 0.6 is 11.3 Å². The fourth-order valence-electron chi connectivity index (χ4n) is 1.75. The Balaban J connectivity index is 1.97. The maximum atomic E-state index is 4.63. The van der Waals surface area contributed by atoms with Crippen molar-refractivity contribution in [3.63, 3.8) is 0 Å². The molecule has 0 aliphatic carbocycles. The molecule has 3 rings (SSSR count). The van der Waals surface area contributed by atoms with E-state index in [1.807, 2.05) is 53.7 Å². The first-order valence-corrected chi connectivity index (χ1v) is 6.74. The molecule has 0 bridgehead atoms. The molecule has 0 aromatic carbocycles. The number of thiazole rings is 1. The highest BCUT2D eigenvalue weighted by Gasteiger charge is 2.09. The van der Waals surface area contributed by atoms with Crippen LogP contribution in [0.25, 0.3) is 11.4 Å². The van der Waals surface area contributed by atoms with Gasteiger partial charge in [0.25, 0.3) is 0 Å². The molecule has 0 N–H and O–H groups in total. The highest BCUT2D eigenvalue weighted by Crippen LogP contribution is 2.25. The molecule has 19 heavy (non-hydrogen) atoms. The van der Waals surface area contributed by atoms with E-state index in [4.69, 9.17) is 0 Å². The SMILES string of the molecule is CN(c1cccc(-c2ccccn2)n1)c1nccs1. The first-order valence-electron chi connectivity index (χ1n) is 5.86. The average molecular weight is 268 g/mol. The summed E-state index contributed by atoms with van der Waals surface area (Å²) in [7, 11) is 1.96. The van der Waals surface area contributed by atoms with Crippen molar-refractivity contribution in [2.24, 2.45) is 0 Å². The minimum absolute atomic E-state index is 0.859. The molecule has 0 saturated carbocycles. The molecule has 0 amide bonds. The Bertz CT molecular complexity index is 652. The Morgan fingerprint density at radius 1 is 0.947 bits per heavy atom. The Morgan fingerprint density at radius 2 is 1.84 bits per heavy atom. The van der Waals surface area contributed by atoms with Gasteiger partial charge in [0.05, 0.1) is 11.4 Å². The second-order valence-corrected chi connectivity index (χ2v) is 4.84. The normalized spacial score (nSPS) is 10.4. The van der Waals surface area contributed by atoms with Crippen LogP contribution in [0.4, 0.5) is 10.9 Å². The molecule has 0 aliphatic heterocycles. The largest absolute Gasteiger partial charge is 0.305 e. The van der Waals surface area contributed by atoms with Crippen molar-refractivity contribution in [3.8, 4) is 11.4 Å². The molecule has 0 spiro atoms. The van der Waals surface area contributed by atoms with E-state index < -0.39 is 0 Å². The fraction of sp³-hybridized carbons (Fsp3) is 0.0714. The summed E-state index contributed by atoms with van der Waals surface area (Å²) < 4.78 is 0. The molecule has 0 atom stereocenters. The van der Waals surface area contributed by atoms with Gasteiger partial charge >= 0.3 is 0 Å². The third-order valence-electron chi connectivity index (χ3n) is 2.71. The Kier molecular flexibility index (Phi) is 3.20. The molecule has 0 saturated heterocycles. The number of nitrogens with zero attached hydrogens (tertiary/aromatic N) is 4. The van der Waals surface area contributed by atoms with Gasteiger partial charge in [-0.2, -0.15) is 0 Å². The maximum absolute atomic E-state index is 4.63. The van der Waals surface area contributed by atoms with Crippen LogP contribution in [0.5, 0.6) is 0 Å². The summed E-state index contributed by atoms with van der Waals surface area (Å²) in [6, 6.07) is 11.7. The van der Waals surface area contributed by atoms with Crippen molar-refractivity contribution in [2.45, 2.75) is 0 Å². The van der Waals surface area contributed by atoms with Gasteiger partial charge in [-0.15, -0.1) is 11.3 Å². The summed E-state index contributed by atoms with van der Waals surface area (Å²) in [5, 5.41) is 2.87. The Hall–Kier alpha value is -2.27. The van der Waals surface area contributed by atoms with Crippen molar-refractivity contribution >= 4 is 22.3 Å². The lowest BCUT2D eigenvalue weighted by molar-refractivity contribution is 1.10. The van der Waals surface area contributed by atoms with Crippen LogP contribution in [0.1, 0.15) is 0 Å². The van der Waals surface area contributed by atoms with E-state index in [1.165, 1.54) is 0 Å². The minimum atomic E-state index is 0.859. The topological polar surface area (TPSA) is 41.9 Å². The van der Waals surface area contributed by atoms with Gasteiger partial charge in [0.1, 0.15) is 5.82 Å². The summed E-state index contributed by atoms with van der Waals surface area (Å²) in [6.45, 7) is 0. The lowest BCUT2D eigenvalue weighted by Crippen LogP contribution is -2.10. The molecule has 94 valence electrons. The number of pyridine rings is 2. The highest BCUT2D eigenvalue weighted by atomic mass is 32.1. The number of anilines is 2. The van der Waals surface area contributed by atoms with E-state index >= 15 is 0 Å². The molecule has 0 radical (unpaired) electrons. The quantitative estimate of drug-likeness (QED) is 0.730. The number of aromatic nitrogens is 3. The predicted octanol–water partition coefficient (Wildman–Crippen LogP) is 3.37. The van der Waals surface area contributed by atoms with Crippen LogP contribution in [0.2, 0.25) is 0 Å². The van der Waals surface area contributed by atoms with Gasteiger partial charge in [-0.1, -0.05) is 12.1 Å². The molecule has 0 fully saturated rings. The van der Waals surface area contributed by atoms with Crippen molar-refractivity contribution in [1.29, 1.82) is 0 Å². The van der Waals surface area contributed by atoms with E-state index in [1.54, 1.807) is 23.7 Å². The smallest absolute Gasteiger partial charge is 0.190 e. The van der Waals surface area contributed by atoms with E-state index in [9.17, 15) is 0 Å². The first kappa shape index (κ1) is 11.8. The maximum Gasteiger partial charge on any atom is 0.190 e. The summed E-state index contributed by atoms with van der Waals surface area (Å²) in [5.74, 6) is 0.859. The molecule has 0 aliphatic rings. The zero-order chi connectivity index (χ0) is 13.1. The van der Waals surface area contributed by atoms with Crippen LogP contribution in [-0.4, -0.2) is 22.0 Å². The van der Waals surface area contributed by atoms with Gasteiger partial charge in [-0.05, 0) is 24.3 Å². The van der Waals surface area contributed by atoms with Crippen LogP contribution in [0.3, 0.4) is 0 Å². The average Bonchev–Trinajstić information content (AvgIpc) is 3.02.